The van der Waals surface area contributed by atoms with Crippen LogP contribution in [0.4, 0.5) is 18.9 Å². The zero-order valence-electron chi connectivity index (χ0n) is 11.9. The highest BCUT2D eigenvalue weighted by Gasteiger charge is 2.38. The maximum absolute atomic E-state index is 13.3. The van der Waals surface area contributed by atoms with Gasteiger partial charge in [0.05, 0.1) is 23.3 Å². The number of nitro groups is 1. The van der Waals surface area contributed by atoms with Crippen LogP contribution in [-0.4, -0.2) is 27.6 Å². The molecule has 10 heteroatoms. The summed E-state index contributed by atoms with van der Waals surface area (Å²) in [4.78, 5) is 25.4. The smallest absolute Gasteiger partial charge is 0.418 e. The predicted octanol–water partition coefficient (Wildman–Crippen LogP) is 2.89. The van der Waals surface area contributed by atoms with E-state index in [9.17, 15) is 28.1 Å². The predicted molar refractivity (Wildman–Crippen MR) is 71.3 cm³/mol. The molecule has 0 fully saturated rings. The Hall–Kier alpha value is -2.91. The number of rotatable bonds is 3. The molecule has 2 rings (SSSR count). The fraction of sp³-hybridized carbons (Fsp3) is 0.231. The Morgan fingerprint density at radius 2 is 2.04 bits per heavy atom. The van der Waals surface area contributed by atoms with Crippen LogP contribution in [0.25, 0.3) is 5.69 Å². The first-order valence-corrected chi connectivity index (χ1v) is 6.15. The Kier molecular flexibility index (Phi) is 4.08. The number of aryl methyl sites for hydroxylation is 1. The Morgan fingerprint density at radius 1 is 1.39 bits per heavy atom. The van der Waals surface area contributed by atoms with Crippen LogP contribution in [0.5, 0.6) is 0 Å². The number of esters is 1. The molecule has 0 radical (unpaired) electrons. The highest BCUT2D eigenvalue weighted by Crippen LogP contribution is 2.38. The number of imidazole rings is 1. The fourth-order valence-corrected chi connectivity index (χ4v) is 2.06. The van der Waals surface area contributed by atoms with Crippen LogP contribution in [0.1, 0.15) is 21.7 Å². The van der Waals surface area contributed by atoms with Gasteiger partial charge in [-0.25, -0.2) is 9.78 Å². The molecule has 0 unspecified atom stereocenters. The van der Waals surface area contributed by atoms with Gasteiger partial charge in [0.25, 0.3) is 5.69 Å². The molecule has 0 aliphatic heterocycles. The first-order valence-electron chi connectivity index (χ1n) is 6.15. The molecule has 7 nitrogen and oxygen atoms in total. The second-order valence-electron chi connectivity index (χ2n) is 4.48. The molecule has 0 amide bonds. The Morgan fingerprint density at radius 3 is 2.48 bits per heavy atom. The topological polar surface area (TPSA) is 87.3 Å². The van der Waals surface area contributed by atoms with E-state index in [2.05, 4.69) is 9.72 Å². The van der Waals surface area contributed by atoms with Gasteiger partial charge >= 0.3 is 12.1 Å². The second-order valence-corrected chi connectivity index (χ2v) is 4.48. The van der Waals surface area contributed by atoms with Crippen LogP contribution in [0.15, 0.2) is 24.5 Å². The summed E-state index contributed by atoms with van der Waals surface area (Å²) in [5.74, 6) is -0.885. The average molecular weight is 329 g/mol. The standard InChI is InChI=1S/C13H10F3N3O4/c1-7-17-3-4-18(7)11-5-8(12(20)23-2)10(19(21)22)6-9(11)13(14,15)16/h3-6H,1-2H3. The molecule has 0 spiro atoms. The Labute approximate surface area is 127 Å². The van der Waals surface area contributed by atoms with E-state index in [1.54, 1.807) is 0 Å². The lowest BCUT2D eigenvalue weighted by molar-refractivity contribution is -0.385. The minimum atomic E-state index is -4.86. The summed E-state index contributed by atoms with van der Waals surface area (Å²) < 4.78 is 45.3. The summed E-state index contributed by atoms with van der Waals surface area (Å²) in [6.07, 6.45) is -2.33. The van der Waals surface area contributed by atoms with E-state index in [-0.39, 0.29) is 5.82 Å². The van der Waals surface area contributed by atoms with E-state index < -0.39 is 39.6 Å². The lowest BCUT2D eigenvalue weighted by Crippen LogP contribution is -2.15. The van der Waals surface area contributed by atoms with Crippen molar-refractivity contribution in [1.29, 1.82) is 0 Å². The zero-order chi connectivity index (χ0) is 17.4. The molecule has 2 aromatic rings. The molecule has 1 aromatic carbocycles. The molecular weight excluding hydrogens is 319 g/mol. The van der Waals surface area contributed by atoms with Gasteiger partial charge in [-0.05, 0) is 13.0 Å². The average Bonchev–Trinajstić information content (AvgIpc) is 2.90. The first kappa shape index (κ1) is 16.5. The number of hydrogen-bond acceptors (Lipinski definition) is 5. The normalized spacial score (nSPS) is 11.3. The van der Waals surface area contributed by atoms with Gasteiger partial charge in [-0.15, -0.1) is 0 Å². The van der Waals surface area contributed by atoms with E-state index in [1.807, 2.05) is 0 Å². The number of carbonyl (C=O) groups excluding carboxylic acids is 1. The summed E-state index contributed by atoms with van der Waals surface area (Å²) in [5.41, 5.74) is -3.25. The van der Waals surface area contributed by atoms with Crippen molar-refractivity contribution in [2.45, 2.75) is 13.1 Å². The van der Waals surface area contributed by atoms with Crippen molar-refractivity contribution in [3.63, 3.8) is 0 Å². The van der Waals surface area contributed by atoms with Crippen LogP contribution in [0, 0.1) is 17.0 Å². The lowest BCUT2D eigenvalue weighted by atomic mass is 10.1. The van der Waals surface area contributed by atoms with Crippen molar-refractivity contribution < 1.29 is 27.6 Å². The van der Waals surface area contributed by atoms with Gasteiger partial charge < -0.3 is 9.30 Å². The molecule has 0 aliphatic carbocycles. The van der Waals surface area contributed by atoms with E-state index in [0.29, 0.717) is 6.07 Å². The number of carbonyl (C=O) groups is 1. The molecule has 0 saturated carbocycles. The summed E-state index contributed by atoms with van der Waals surface area (Å²) >= 11 is 0. The number of benzene rings is 1. The second kappa shape index (κ2) is 5.71. The highest BCUT2D eigenvalue weighted by atomic mass is 19.4. The summed E-state index contributed by atoms with van der Waals surface area (Å²) in [5, 5.41) is 11.0. The number of halogens is 3. The number of alkyl halides is 3. The first-order chi connectivity index (χ1) is 10.7. The minimum Gasteiger partial charge on any atom is -0.465 e. The number of ether oxygens (including phenoxy) is 1. The largest absolute Gasteiger partial charge is 0.465 e. The van der Waals surface area contributed by atoms with Crippen molar-refractivity contribution in [1.82, 2.24) is 9.55 Å². The van der Waals surface area contributed by atoms with E-state index >= 15 is 0 Å². The molecule has 0 bridgehead atoms. The van der Waals surface area contributed by atoms with Crippen molar-refractivity contribution >= 4 is 11.7 Å². The SMILES string of the molecule is COC(=O)c1cc(-n2ccnc2C)c(C(F)(F)F)cc1[N+](=O)[O-]. The Balaban J connectivity index is 2.86. The number of nitrogens with zero attached hydrogens (tertiary/aromatic N) is 3. The fourth-order valence-electron chi connectivity index (χ4n) is 2.06. The van der Waals surface area contributed by atoms with Gasteiger partial charge in [0.2, 0.25) is 0 Å². The molecule has 122 valence electrons. The van der Waals surface area contributed by atoms with E-state index in [0.717, 1.165) is 17.7 Å². The number of nitro benzene ring substituents is 1. The Bertz CT molecular complexity index is 783. The molecular formula is C13H10F3N3O4. The van der Waals surface area contributed by atoms with Gasteiger partial charge in [-0.2, -0.15) is 13.2 Å². The van der Waals surface area contributed by atoms with Crippen LogP contribution < -0.4 is 0 Å². The van der Waals surface area contributed by atoms with Crippen LogP contribution in [0.2, 0.25) is 0 Å². The molecule has 0 saturated heterocycles. The number of aromatic nitrogens is 2. The maximum atomic E-state index is 13.3. The van der Waals surface area contributed by atoms with Gasteiger partial charge in [-0.1, -0.05) is 0 Å². The highest BCUT2D eigenvalue weighted by molar-refractivity contribution is 5.95. The summed E-state index contributed by atoms with van der Waals surface area (Å²) in [6, 6.07) is 1.10. The van der Waals surface area contributed by atoms with Crippen molar-refractivity contribution in [2.75, 3.05) is 7.11 Å². The third kappa shape index (κ3) is 3.00. The van der Waals surface area contributed by atoms with Crippen LogP contribution >= 0.6 is 0 Å². The third-order valence-electron chi connectivity index (χ3n) is 3.11. The van der Waals surface area contributed by atoms with Gasteiger partial charge in [0.15, 0.2) is 0 Å². The lowest BCUT2D eigenvalue weighted by Gasteiger charge is -2.16. The molecule has 1 aromatic heterocycles. The molecule has 0 aliphatic rings. The van der Waals surface area contributed by atoms with Crippen molar-refractivity contribution in [3.05, 3.63) is 51.6 Å². The van der Waals surface area contributed by atoms with Crippen molar-refractivity contribution in [2.24, 2.45) is 0 Å². The van der Waals surface area contributed by atoms with E-state index in [4.69, 9.17) is 0 Å². The molecule has 23 heavy (non-hydrogen) atoms. The maximum Gasteiger partial charge on any atom is 0.418 e. The monoisotopic (exact) mass is 329 g/mol. The van der Waals surface area contributed by atoms with Gasteiger partial charge in [0, 0.05) is 18.5 Å². The van der Waals surface area contributed by atoms with Crippen LogP contribution in [-0.2, 0) is 10.9 Å². The number of hydrogen-bond donors (Lipinski definition) is 0. The number of methoxy groups -OCH3 is 1. The molecule has 1 heterocycles. The van der Waals surface area contributed by atoms with Crippen LogP contribution in [0.3, 0.4) is 0 Å². The van der Waals surface area contributed by atoms with Gasteiger partial charge in [-0.3, -0.25) is 10.1 Å². The molecule has 0 N–H and O–H groups in total. The van der Waals surface area contributed by atoms with E-state index in [1.165, 1.54) is 19.3 Å². The zero-order valence-corrected chi connectivity index (χ0v) is 11.9. The summed E-state index contributed by atoms with van der Waals surface area (Å²) in [7, 11) is 0.978. The van der Waals surface area contributed by atoms with Gasteiger partial charge in [0.1, 0.15) is 11.4 Å². The van der Waals surface area contributed by atoms with Crippen molar-refractivity contribution in [3.8, 4) is 5.69 Å². The quantitative estimate of drug-likeness (QED) is 0.491. The molecule has 0 atom stereocenters. The minimum absolute atomic E-state index is 0.222. The summed E-state index contributed by atoms with van der Waals surface area (Å²) in [6.45, 7) is 1.46. The third-order valence-corrected chi connectivity index (χ3v) is 3.11.